The van der Waals surface area contributed by atoms with E-state index in [2.05, 4.69) is 20.9 Å². The van der Waals surface area contributed by atoms with E-state index < -0.39 is 0 Å². The largest absolute Gasteiger partial charge is 0.474 e. The first kappa shape index (κ1) is 13.7. The fraction of sp³-hybridized carbons (Fsp3) is 0.571. The van der Waals surface area contributed by atoms with E-state index in [1.54, 1.807) is 11.1 Å². The number of pyridine rings is 1. The zero-order valence-corrected chi connectivity index (χ0v) is 12.8. The lowest BCUT2D eigenvalue weighted by molar-refractivity contribution is 0.0792. The van der Waals surface area contributed by atoms with Crippen molar-refractivity contribution in [3.05, 3.63) is 16.7 Å². The molecular formula is C14H17BrN2O3. The Hall–Kier alpha value is -1.30. The number of halogens is 1. The summed E-state index contributed by atoms with van der Waals surface area (Å²) in [4.78, 5) is 18.1. The lowest BCUT2D eigenvalue weighted by atomic mass is 9.98. The minimum Gasteiger partial charge on any atom is -0.474 e. The molecule has 0 N–H and O–H groups in total. The van der Waals surface area contributed by atoms with Crippen molar-refractivity contribution in [2.24, 2.45) is 0 Å². The predicted octanol–water partition coefficient (Wildman–Crippen LogP) is 3.51. The zero-order chi connectivity index (χ0) is 13.9. The number of rotatable bonds is 1. The van der Waals surface area contributed by atoms with E-state index >= 15 is 0 Å². The van der Waals surface area contributed by atoms with Gasteiger partial charge in [0.2, 0.25) is 5.88 Å². The lowest BCUT2D eigenvalue weighted by Gasteiger charge is -2.30. The molecule has 0 atom stereocenters. The molecule has 0 saturated heterocycles. The summed E-state index contributed by atoms with van der Waals surface area (Å²) < 4.78 is 11.9. The molecule has 0 spiro atoms. The Morgan fingerprint density at radius 2 is 2.20 bits per heavy atom. The van der Waals surface area contributed by atoms with E-state index in [0.717, 1.165) is 30.2 Å². The van der Waals surface area contributed by atoms with Crippen LogP contribution in [0, 0.1) is 0 Å². The number of anilines is 1. The van der Waals surface area contributed by atoms with Crippen LogP contribution < -0.4 is 9.64 Å². The van der Waals surface area contributed by atoms with Crippen molar-refractivity contribution in [1.82, 2.24) is 4.98 Å². The first-order valence-corrected chi connectivity index (χ1v) is 7.80. The maximum atomic E-state index is 12.3. The number of hydrogen-bond acceptors (Lipinski definition) is 4. The first-order valence-electron chi connectivity index (χ1n) is 7.00. The topological polar surface area (TPSA) is 51.7 Å². The van der Waals surface area contributed by atoms with E-state index in [1.807, 2.05) is 6.07 Å². The number of fused-ring (bicyclic) bond motifs is 1. The number of ether oxygens (including phenoxy) is 2. The zero-order valence-electron chi connectivity index (χ0n) is 11.2. The van der Waals surface area contributed by atoms with Gasteiger partial charge in [-0.25, -0.2) is 9.78 Å². The van der Waals surface area contributed by atoms with Crippen molar-refractivity contribution in [2.75, 3.05) is 18.1 Å². The number of amides is 1. The molecule has 1 aromatic rings. The molecule has 1 amide bonds. The molecule has 2 aliphatic rings. The Balaban J connectivity index is 1.74. The molecule has 1 fully saturated rings. The number of hydrogen-bond donors (Lipinski definition) is 0. The molecule has 20 heavy (non-hydrogen) atoms. The maximum Gasteiger partial charge on any atom is 0.414 e. The van der Waals surface area contributed by atoms with Gasteiger partial charge >= 0.3 is 6.09 Å². The second-order valence-electron chi connectivity index (χ2n) is 5.12. The molecule has 0 unspecified atom stereocenters. The number of carbonyl (C=O) groups excluding carboxylic acids is 1. The summed E-state index contributed by atoms with van der Waals surface area (Å²) in [7, 11) is 0. The molecule has 1 aromatic heterocycles. The smallest absolute Gasteiger partial charge is 0.414 e. The standard InChI is InChI=1S/C14H17BrN2O3/c15-10-8-12-13(16-9-10)19-7-6-17(12)14(18)20-11-4-2-1-3-5-11/h8-9,11H,1-7H2. The molecule has 6 heteroatoms. The summed E-state index contributed by atoms with van der Waals surface area (Å²) in [6.07, 6.45) is 6.90. The number of carbonyl (C=O) groups is 1. The summed E-state index contributed by atoms with van der Waals surface area (Å²) in [5.74, 6) is 0.486. The Kier molecular flexibility index (Phi) is 4.10. The summed E-state index contributed by atoms with van der Waals surface area (Å²) in [6.45, 7) is 0.943. The third-order valence-corrected chi connectivity index (χ3v) is 4.12. The minimum atomic E-state index is -0.290. The maximum absolute atomic E-state index is 12.3. The molecule has 0 radical (unpaired) electrons. The Morgan fingerprint density at radius 3 is 3.00 bits per heavy atom. The van der Waals surface area contributed by atoms with Gasteiger partial charge < -0.3 is 9.47 Å². The van der Waals surface area contributed by atoms with Gasteiger partial charge in [-0.15, -0.1) is 0 Å². The van der Waals surface area contributed by atoms with Crippen molar-refractivity contribution >= 4 is 27.7 Å². The molecule has 1 saturated carbocycles. The second-order valence-corrected chi connectivity index (χ2v) is 6.04. The van der Waals surface area contributed by atoms with Crippen molar-refractivity contribution in [3.8, 4) is 5.88 Å². The molecular weight excluding hydrogens is 324 g/mol. The number of aromatic nitrogens is 1. The molecule has 0 bridgehead atoms. The Morgan fingerprint density at radius 1 is 1.40 bits per heavy atom. The first-order chi connectivity index (χ1) is 9.74. The average Bonchev–Trinajstić information content (AvgIpc) is 2.47. The van der Waals surface area contributed by atoms with Crippen LogP contribution in [0.25, 0.3) is 0 Å². The third-order valence-electron chi connectivity index (χ3n) is 3.68. The van der Waals surface area contributed by atoms with Crippen molar-refractivity contribution in [1.29, 1.82) is 0 Å². The fourth-order valence-corrected chi connectivity index (χ4v) is 2.97. The van der Waals surface area contributed by atoms with Crippen LogP contribution in [0.5, 0.6) is 5.88 Å². The van der Waals surface area contributed by atoms with Crippen LogP contribution in [0.1, 0.15) is 32.1 Å². The molecule has 2 heterocycles. The lowest BCUT2D eigenvalue weighted by Crippen LogP contribution is -2.40. The monoisotopic (exact) mass is 340 g/mol. The summed E-state index contributed by atoms with van der Waals surface area (Å²) in [5.41, 5.74) is 0.673. The highest BCUT2D eigenvalue weighted by Crippen LogP contribution is 2.32. The number of nitrogens with zero attached hydrogens (tertiary/aromatic N) is 2. The van der Waals surface area contributed by atoms with Gasteiger partial charge in [-0.2, -0.15) is 0 Å². The van der Waals surface area contributed by atoms with E-state index in [9.17, 15) is 4.79 Å². The van der Waals surface area contributed by atoms with Gasteiger partial charge in [0.05, 0.1) is 6.54 Å². The minimum absolute atomic E-state index is 0.0580. The Labute approximate surface area is 126 Å². The Bertz CT molecular complexity index is 503. The van der Waals surface area contributed by atoms with Gasteiger partial charge in [-0.3, -0.25) is 4.90 Å². The van der Waals surface area contributed by atoms with E-state index in [1.165, 1.54) is 6.42 Å². The molecule has 0 aromatic carbocycles. The van der Waals surface area contributed by atoms with Gasteiger partial charge in [0.15, 0.2) is 0 Å². The summed E-state index contributed by atoms with van der Waals surface area (Å²) in [6, 6.07) is 1.84. The van der Waals surface area contributed by atoms with Crippen LogP contribution in [0.3, 0.4) is 0 Å². The van der Waals surface area contributed by atoms with Gasteiger partial charge in [-0.1, -0.05) is 6.42 Å². The highest BCUT2D eigenvalue weighted by Gasteiger charge is 2.28. The van der Waals surface area contributed by atoms with E-state index in [4.69, 9.17) is 9.47 Å². The molecule has 1 aliphatic carbocycles. The van der Waals surface area contributed by atoms with Crippen molar-refractivity contribution in [3.63, 3.8) is 0 Å². The van der Waals surface area contributed by atoms with Gasteiger partial charge in [0.25, 0.3) is 0 Å². The molecule has 5 nitrogen and oxygen atoms in total. The predicted molar refractivity (Wildman–Crippen MR) is 78.1 cm³/mol. The molecule has 108 valence electrons. The highest BCUT2D eigenvalue weighted by molar-refractivity contribution is 9.10. The summed E-state index contributed by atoms with van der Waals surface area (Å²) >= 11 is 3.37. The van der Waals surface area contributed by atoms with Crippen LogP contribution in [-0.2, 0) is 4.74 Å². The van der Waals surface area contributed by atoms with E-state index in [-0.39, 0.29) is 12.2 Å². The van der Waals surface area contributed by atoms with Crippen LogP contribution in [0.2, 0.25) is 0 Å². The summed E-state index contributed by atoms with van der Waals surface area (Å²) in [5, 5.41) is 0. The normalized spacial score (nSPS) is 19.1. The SMILES string of the molecule is O=C(OC1CCCCC1)N1CCOc2ncc(Br)cc21. The van der Waals surface area contributed by atoms with Crippen LogP contribution in [-0.4, -0.2) is 30.3 Å². The fourth-order valence-electron chi connectivity index (χ4n) is 2.65. The molecule has 3 rings (SSSR count). The molecule has 1 aliphatic heterocycles. The highest BCUT2D eigenvalue weighted by atomic mass is 79.9. The van der Waals surface area contributed by atoms with Gasteiger partial charge in [0, 0.05) is 10.7 Å². The van der Waals surface area contributed by atoms with Gasteiger partial charge in [0.1, 0.15) is 18.4 Å². The van der Waals surface area contributed by atoms with E-state index in [0.29, 0.717) is 24.7 Å². The van der Waals surface area contributed by atoms with Crippen molar-refractivity contribution < 1.29 is 14.3 Å². The second kappa shape index (κ2) is 5.99. The quantitative estimate of drug-likeness (QED) is 0.784. The third kappa shape index (κ3) is 2.90. The van der Waals surface area contributed by atoms with Crippen LogP contribution >= 0.6 is 15.9 Å². The average molecular weight is 341 g/mol. The van der Waals surface area contributed by atoms with Crippen LogP contribution in [0.15, 0.2) is 16.7 Å². The van der Waals surface area contributed by atoms with Gasteiger partial charge in [-0.05, 0) is 47.7 Å². The van der Waals surface area contributed by atoms with Crippen LogP contribution in [0.4, 0.5) is 10.5 Å². The van der Waals surface area contributed by atoms with Crippen molar-refractivity contribution in [2.45, 2.75) is 38.2 Å².